The number of para-hydroxylation sites is 1. The summed E-state index contributed by atoms with van der Waals surface area (Å²) in [6, 6.07) is 49.0. The first-order valence-corrected chi connectivity index (χ1v) is 14.5. The van der Waals surface area contributed by atoms with Crippen LogP contribution in [0.1, 0.15) is 22.9 Å². The molecule has 0 aliphatic carbocycles. The van der Waals surface area contributed by atoms with E-state index in [4.69, 9.17) is 9.98 Å². The normalized spacial score (nSPS) is 15.1. The van der Waals surface area contributed by atoms with Gasteiger partial charge in [-0.25, -0.2) is 9.98 Å². The van der Waals surface area contributed by atoms with Gasteiger partial charge in [0, 0.05) is 35.3 Å². The molecule has 1 aliphatic rings. The van der Waals surface area contributed by atoms with Crippen molar-refractivity contribution in [3.63, 3.8) is 0 Å². The maximum absolute atomic E-state index is 5.24. The number of pyridine rings is 1. The van der Waals surface area contributed by atoms with E-state index in [0.29, 0.717) is 0 Å². The summed E-state index contributed by atoms with van der Waals surface area (Å²) < 4.78 is 0. The van der Waals surface area contributed by atoms with E-state index < -0.39 is 0 Å². The molecule has 43 heavy (non-hydrogen) atoms. The van der Waals surface area contributed by atoms with E-state index in [9.17, 15) is 0 Å². The number of aliphatic imine (C=N–C) groups is 2. The lowest BCUT2D eigenvalue weighted by Gasteiger charge is -2.32. The average molecular weight is 553 g/mol. The molecule has 4 nitrogen and oxygen atoms in total. The van der Waals surface area contributed by atoms with Crippen LogP contribution >= 0.6 is 0 Å². The van der Waals surface area contributed by atoms with E-state index in [0.717, 1.165) is 50.4 Å². The second kappa shape index (κ2) is 10.3. The van der Waals surface area contributed by atoms with E-state index in [1.165, 1.54) is 21.5 Å². The number of amidine groups is 2. The van der Waals surface area contributed by atoms with E-state index in [1.54, 1.807) is 0 Å². The monoisotopic (exact) mass is 552 g/mol. The van der Waals surface area contributed by atoms with Gasteiger partial charge in [0.05, 0.1) is 5.52 Å². The van der Waals surface area contributed by atoms with Crippen molar-refractivity contribution in [3.8, 4) is 11.1 Å². The fraction of sp³-hybridized carbons (Fsp3) is 0.0513. The van der Waals surface area contributed by atoms with Crippen LogP contribution in [0.3, 0.4) is 0 Å². The van der Waals surface area contributed by atoms with Crippen molar-refractivity contribution >= 4 is 44.1 Å². The zero-order valence-corrected chi connectivity index (χ0v) is 23.7. The number of nitrogens with zero attached hydrogens (tertiary/aromatic N) is 4. The minimum absolute atomic E-state index is 0.222. The maximum Gasteiger partial charge on any atom is 0.159 e. The van der Waals surface area contributed by atoms with Crippen LogP contribution in [0.2, 0.25) is 0 Å². The second-order valence-corrected chi connectivity index (χ2v) is 11.0. The Hall–Kier alpha value is -5.61. The third kappa shape index (κ3) is 4.54. The van der Waals surface area contributed by atoms with Crippen LogP contribution in [0, 0.1) is 0 Å². The molecular weight excluding hydrogens is 524 g/mol. The van der Waals surface area contributed by atoms with Crippen molar-refractivity contribution < 1.29 is 0 Å². The molecule has 0 radical (unpaired) electrons. The first-order chi connectivity index (χ1) is 21.2. The van der Waals surface area contributed by atoms with E-state index >= 15 is 0 Å². The van der Waals surface area contributed by atoms with Gasteiger partial charge in [-0.15, -0.1) is 0 Å². The van der Waals surface area contributed by atoms with Crippen molar-refractivity contribution in [2.75, 3.05) is 7.05 Å². The molecule has 7 aromatic rings. The SMILES string of the molecule is CN1C(c2ccc(-c3cccc4cccnc34)cc2)=NC(c2ccc3ccccc3c2)=N[C@H]1c1ccc2ccccc2c1. The van der Waals surface area contributed by atoms with Crippen molar-refractivity contribution in [2.24, 2.45) is 9.98 Å². The van der Waals surface area contributed by atoms with Gasteiger partial charge >= 0.3 is 0 Å². The minimum Gasteiger partial charge on any atom is -0.333 e. The first kappa shape index (κ1) is 25.1. The van der Waals surface area contributed by atoms with Gasteiger partial charge in [-0.1, -0.05) is 121 Å². The third-order valence-electron chi connectivity index (χ3n) is 8.32. The summed E-state index contributed by atoms with van der Waals surface area (Å²) in [5.74, 6) is 1.62. The number of fused-ring (bicyclic) bond motifs is 3. The predicted octanol–water partition coefficient (Wildman–Crippen LogP) is 9.05. The lowest BCUT2D eigenvalue weighted by molar-refractivity contribution is 0.383. The van der Waals surface area contributed by atoms with Crippen LogP contribution in [0.5, 0.6) is 0 Å². The summed E-state index contributed by atoms with van der Waals surface area (Å²) in [6.07, 6.45) is 1.63. The highest BCUT2D eigenvalue weighted by Gasteiger charge is 2.27. The molecule has 2 heterocycles. The number of aromatic nitrogens is 1. The highest BCUT2D eigenvalue weighted by molar-refractivity contribution is 6.14. The summed E-state index contributed by atoms with van der Waals surface area (Å²) >= 11 is 0. The van der Waals surface area contributed by atoms with Gasteiger partial charge in [-0.05, 0) is 50.9 Å². The molecule has 0 saturated heterocycles. The van der Waals surface area contributed by atoms with E-state index in [2.05, 4.69) is 150 Å². The van der Waals surface area contributed by atoms with Crippen LogP contribution in [0.4, 0.5) is 0 Å². The predicted molar refractivity (Wildman–Crippen MR) is 179 cm³/mol. The smallest absolute Gasteiger partial charge is 0.159 e. The Balaban J connectivity index is 1.24. The van der Waals surface area contributed by atoms with Gasteiger partial charge < -0.3 is 4.90 Å². The molecule has 1 atom stereocenters. The molecule has 1 aromatic heterocycles. The molecule has 0 spiro atoms. The van der Waals surface area contributed by atoms with Crippen molar-refractivity contribution in [1.82, 2.24) is 9.88 Å². The lowest BCUT2D eigenvalue weighted by Crippen LogP contribution is -2.35. The van der Waals surface area contributed by atoms with Crippen molar-refractivity contribution in [1.29, 1.82) is 0 Å². The quantitative estimate of drug-likeness (QED) is 0.219. The summed E-state index contributed by atoms with van der Waals surface area (Å²) in [7, 11) is 2.09. The van der Waals surface area contributed by atoms with Gasteiger partial charge in [0.25, 0.3) is 0 Å². The number of rotatable bonds is 4. The summed E-state index contributed by atoms with van der Waals surface area (Å²) in [4.78, 5) is 17.3. The first-order valence-electron chi connectivity index (χ1n) is 14.5. The van der Waals surface area contributed by atoms with E-state index in [-0.39, 0.29) is 6.17 Å². The van der Waals surface area contributed by atoms with Gasteiger partial charge in [0.15, 0.2) is 12.0 Å². The molecule has 204 valence electrons. The number of hydrogen-bond donors (Lipinski definition) is 0. The minimum atomic E-state index is -0.222. The van der Waals surface area contributed by atoms with Crippen LogP contribution in [0.15, 0.2) is 156 Å². The molecule has 0 saturated carbocycles. The van der Waals surface area contributed by atoms with Crippen LogP contribution in [-0.4, -0.2) is 28.6 Å². The van der Waals surface area contributed by atoms with Crippen LogP contribution in [-0.2, 0) is 0 Å². The molecule has 8 rings (SSSR count). The summed E-state index contributed by atoms with van der Waals surface area (Å²) in [6.45, 7) is 0. The zero-order chi connectivity index (χ0) is 28.8. The third-order valence-corrected chi connectivity index (χ3v) is 8.32. The van der Waals surface area contributed by atoms with Gasteiger partial charge in [-0.2, -0.15) is 0 Å². The molecular formula is C39H28N4. The second-order valence-electron chi connectivity index (χ2n) is 11.0. The number of benzene rings is 6. The average Bonchev–Trinajstić information content (AvgIpc) is 3.08. The molecule has 6 aromatic carbocycles. The Bertz CT molecular complexity index is 2210. The van der Waals surface area contributed by atoms with Crippen LogP contribution < -0.4 is 0 Å². The fourth-order valence-electron chi connectivity index (χ4n) is 6.06. The highest BCUT2D eigenvalue weighted by Crippen LogP contribution is 2.32. The molecule has 0 N–H and O–H groups in total. The topological polar surface area (TPSA) is 40.9 Å². The summed E-state index contributed by atoms with van der Waals surface area (Å²) in [5, 5.41) is 5.93. The number of hydrogen-bond acceptors (Lipinski definition) is 4. The van der Waals surface area contributed by atoms with Gasteiger partial charge in [0.2, 0.25) is 0 Å². The van der Waals surface area contributed by atoms with Crippen LogP contribution in [0.25, 0.3) is 43.6 Å². The fourth-order valence-corrected chi connectivity index (χ4v) is 6.06. The molecule has 4 heteroatoms. The maximum atomic E-state index is 5.24. The van der Waals surface area contributed by atoms with Gasteiger partial charge in [0.1, 0.15) is 5.84 Å². The molecule has 0 unspecified atom stereocenters. The standard InChI is InChI=1S/C39H28N4/c1-43-38(30-19-17-28(18-20-30)35-14-6-12-29-13-7-23-40-36(29)35)41-37(33-21-15-26-8-2-4-10-31(26)24-33)42-39(43)34-22-16-27-9-3-5-11-32(27)25-34/h2-25,39H,1H3/t39-/m1/s1. The van der Waals surface area contributed by atoms with E-state index in [1.807, 2.05) is 12.3 Å². The molecule has 0 bridgehead atoms. The lowest BCUT2D eigenvalue weighted by atomic mass is 9.99. The largest absolute Gasteiger partial charge is 0.333 e. The Kier molecular flexibility index (Phi) is 6.04. The zero-order valence-electron chi connectivity index (χ0n) is 23.7. The molecule has 0 fully saturated rings. The highest BCUT2D eigenvalue weighted by atomic mass is 15.3. The summed E-state index contributed by atoms with van der Waals surface area (Å²) in [5.41, 5.74) is 6.43. The Labute approximate surface area is 250 Å². The Morgan fingerprint density at radius 3 is 1.95 bits per heavy atom. The molecule has 0 amide bonds. The molecule has 1 aliphatic heterocycles. The van der Waals surface area contributed by atoms with Crippen molar-refractivity contribution in [2.45, 2.75) is 6.17 Å². The van der Waals surface area contributed by atoms with Gasteiger partial charge in [-0.3, -0.25) is 4.98 Å². The Morgan fingerprint density at radius 1 is 0.535 bits per heavy atom. The van der Waals surface area contributed by atoms with Crippen molar-refractivity contribution in [3.05, 3.63) is 162 Å². The Morgan fingerprint density at radius 2 is 1.16 bits per heavy atom.